The van der Waals surface area contributed by atoms with Gasteiger partial charge in [-0.25, -0.2) is 4.99 Å². The van der Waals surface area contributed by atoms with Crippen molar-refractivity contribution in [3.8, 4) is 12.3 Å². The smallest absolute Gasteiger partial charge is 0.274 e. The second kappa shape index (κ2) is 3.87. The molecule has 0 radical (unpaired) electrons. The first-order valence-corrected chi connectivity index (χ1v) is 4.99. The number of dihydropyridines is 1. The Balaban J connectivity index is 2.09. The van der Waals surface area contributed by atoms with Gasteiger partial charge in [0, 0.05) is 36.2 Å². The Morgan fingerprint density at radius 3 is 3.20 bits per heavy atom. The SMILES string of the molecule is C#CCCC1=NC(=O)C2=C(C1)NC(N)C2. The lowest BCUT2D eigenvalue weighted by Crippen LogP contribution is -2.31. The largest absolute Gasteiger partial charge is 0.372 e. The van der Waals surface area contributed by atoms with Gasteiger partial charge in [-0.05, 0) is 6.42 Å². The number of carbonyl (C=O) groups is 1. The third-order valence-corrected chi connectivity index (χ3v) is 2.60. The summed E-state index contributed by atoms with van der Waals surface area (Å²) >= 11 is 0. The highest BCUT2D eigenvalue weighted by atomic mass is 16.1. The third-order valence-electron chi connectivity index (χ3n) is 2.60. The Labute approximate surface area is 88.6 Å². The van der Waals surface area contributed by atoms with Gasteiger partial charge in [-0.15, -0.1) is 12.3 Å². The topological polar surface area (TPSA) is 67.5 Å². The fourth-order valence-electron chi connectivity index (χ4n) is 1.89. The lowest BCUT2D eigenvalue weighted by molar-refractivity contribution is -0.114. The van der Waals surface area contributed by atoms with Crippen molar-refractivity contribution >= 4 is 11.6 Å². The van der Waals surface area contributed by atoms with Gasteiger partial charge in [0.15, 0.2) is 0 Å². The second-order valence-corrected chi connectivity index (χ2v) is 3.78. The van der Waals surface area contributed by atoms with Gasteiger partial charge in [-0.1, -0.05) is 0 Å². The van der Waals surface area contributed by atoms with Crippen LogP contribution in [0.1, 0.15) is 25.7 Å². The summed E-state index contributed by atoms with van der Waals surface area (Å²) in [4.78, 5) is 15.6. The molecule has 2 aliphatic heterocycles. The number of terminal acetylenes is 1. The van der Waals surface area contributed by atoms with Crippen LogP contribution in [0.3, 0.4) is 0 Å². The van der Waals surface area contributed by atoms with E-state index in [4.69, 9.17) is 12.2 Å². The van der Waals surface area contributed by atoms with E-state index in [1.807, 2.05) is 0 Å². The van der Waals surface area contributed by atoms with E-state index < -0.39 is 0 Å². The minimum Gasteiger partial charge on any atom is -0.372 e. The van der Waals surface area contributed by atoms with Crippen LogP contribution in [0.2, 0.25) is 0 Å². The Hall–Kier alpha value is -1.60. The monoisotopic (exact) mass is 203 g/mol. The van der Waals surface area contributed by atoms with Crippen molar-refractivity contribution in [2.75, 3.05) is 0 Å². The summed E-state index contributed by atoms with van der Waals surface area (Å²) in [6, 6.07) is 0. The highest BCUT2D eigenvalue weighted by Crippen LogP contribution is 2.25. The van der Waals surface area contributed by atoms with Crippen LogP contribution in [0.25, 0.3) is 0 Å². The summed E-state index contributed by atoms with van der Waals surface area (Å²) in [5.41, 5.74) is 8.26. The maximum atomic E-state index is 11.6. The molecule has 15 heavy (non-hydrogen) atoms. The molecule has 4 nitrogen and oxygen atoms in total. The normalized spacial score (nSPS) is 24.4. The number of allylic oxidation sites excluding steroid dienone is 1. The number of nitrogens with one attached hydrogen (secondary N) is 1. The number of hydrogen-bond acceptors (Lipinski definition) is 3. The molecular weight excluding hydrogens is 190 g/mol. The van der Waals surface area contributed by atoms with Gasteiger partial charge in [0.05, 0.1) is 6.17 Å². The number of nitrogens with two attached hydrogens (primary N) is 1. The van der Waals surface area contributed by atoms with Gasteiger partial charge >= 0.3 is 0 Å². The molecule has 3 N–H and O–H groups in total. The zero-order valence-corrected chi connectivity index (χ0v) is 8.42. The van der Waals surface area contributed by atoms with E-state index in [1.165, 1.54) is 0 Å². The van der Waals surface area contributed by atoms with Crippen LogP contribution in [0, 0.1) is 12.3 Å². The summed E-state index contributed by atoms with van der Waals surface area (Å²) in [6.45, 7) is 0. The Kier molecular flexibility index (Phi) is 2.57. The Morgan fingerprint density at radius 2 is 2.47 bits per heavy atom. The molecule has 1 atom stereocenters. The van der Waals surface area contributed by atoms with Crippen LogP contribution < -0.4 is 11.1 Å². The number of hydrogen-bond donors (Lipinski definition) is 2. The molecular formula is C11H13N3O. The van der Waals surface area contributed by atoms with E-state index >= 15 is 0 Å². The molecule has 4 heteroatoms. The van der Waals surface area contributed by atoms with Crippen molar-refractivity contribution in [3.63, 3.8) is 0 Å². The van der Waals surface area contributed by atoms with Gasteiger partial charge < -0.3 is 11.1 Å². The molecule has 0 aromatic carbocycles. The molecule has 2 heterocycles. The van der Waals surface area contributed by atoms with E-state index in [1.54, 1.807) is 0 Å². The number of amides is 1. The highest BCUT2D eigenvalue weighted by Gasteiger charge is 2.29. The van der Waals surface area contributed by atoms with Gasteiger partial charge in [0.25, 0.3) is 5.91 Å². The van der Waals surface area contributed by atoms with E-state index in [0.717, 1.165) is 17.0 Å². The molecule has 0 saturated carbocycles. The van der Waals surface area contributed by atoms with E-state index in [2.05, 4.69) is 16.2 Å². The average Bonchev–Trinajstić information content (AvgIpc) is 2.56. The lowest BCUT2D eigenvalue weighted by Gasteiger charge is -2.13. The van der Waals surface area contributed by atoms with Gasteiger partial charge in [-0.3, -0.25) is 4.79 Å². The minimum absolute atomic E-state index is 0.138. The molecule has 2 aliphatic rings. The van der Waals surface area contributed by atoms with Crippen molar-refractivity contribution in [1.82, 2.24) is 5.32 Å². The predicted molar refractivity (Wildman–Crippen MR) is 57.9 cm³/mol. The van der Waals surface area contributed by atoms with Gasteiger partial charge in [0.1, 0.15) is 0 Å². The number of rotatable bonds is 2. The van der Waals surface area contributed by atoms with Crippen molar-refractivity contribution in [2.45, 2.75) is 31.8 Å². The maximum Gasteiger partial charge on any atom is 0.274 e. The predicted octanol–water partition coefficient (Wildman–Crippen LogP) is 0.303. The molecule has 0 bridgehead atoms. The van der Waals surface area contributed by atoms with Crippen molar-refractivity contribution < 1.29 is 4.79 Å². The molecule has 0 spiro atoms. The quantitative estimate of drug-likeness (QED) is 0.634. The standard InChI is InChI=1S/C11H13N3O/c1-2-3-4-7-5-9-8(11(15)13-7)6-10(12)14-9/h1,10,14H,3-6,12H2. The lowest BCUT2D eigenvalue weighted by atomic mass is 10.0. The van der Waals surface area contributed by atoms with Crippen molar-refractivity contribution in [1.29, 1.82) is 0 Å². The van der Waals surface area contributed by atoms with Crippen LogP contribution in [0.4, 0.5) is 0 Å². The summed E-state index contributed by atoms with van der Waals surface area (Å²) in [5.74, 6) is 2.40. The van der Waals surface area contributed by atoms with Crippen molar-refractivity contribution in [2.24, 2.45) is 10.7 Å². The number of carbonyl (C=O) groups excluding carboxylic acids is 1. The van der Waals surface area contributed by atoms with Crippen LogP contribution >= 0.6 is 0 Å². The molecule has 0 aliphatic carbocycles. The zero-order chi connectivity index (χ0) is 10.8. The summed E-state index contributed by atoms with van der Waals surface area (Å²) in [5, 5.41) is 3.10. The molecule has 0 aromatic heterocycles. The summed E-state index contributed by atoms with van der Waals surface area (Å²) in [7, 11) is 0. The molecule has 0 aromatic rings. The van der Waals surface area contributed by atoms with Crippen molar-refractivity contribution in [3.05, 3.63) is 11.3 Å². The maximum absolute atomic E-state index is 11.6. The summed E-state index contributed by atoms with van der Waals surface area (Å²) < 4.78 is 0. The first-order valence-electron chi connectivity index (χ1n) is 4.99. The second-order valence-electron chi connectivity index (χ2n) is 3.78. The van der Waals surface area contributed by atoms with E-state index in [9.17, 15) is 4.79 Å². The average molecular weight is 203 g/mol. The third kappa shape index (κ3) is 1.92. The Bertz CT molecular complexity index is 401. The minimum atomic E-state index is -0.149. The van der Waals surface area contributed by atoms with Crippen LogP contribution in [-0.2, 0) is 4.79 Å². The molecule has 0 saturated heterocycles. The molecule has 1 unspecified atom stereocenters. The van der Waals surface area contributed by atoms with Crippen LogP contribution in [0.15, 0.2) is 16.3 Å². The van der Waals surface area contributed by atoms with E-state index in [-0.39, 0.29) is 12.1 Å². The van der Waals surface area contributed by atoms with Crippen LogP contribution in [0.5, 0.6) is 0 Å². The molecule has 1 amide bonds. The van der Waals surface area contributed by atoms with Crippen LogP contribution in [-0.4, -0.2) is 17.8 Å². The fraction of sp³-hybridized carbons (Fsp3) is 0.455. The molecule has 2 rings (SSSR count). The highest BCUT2D eigenvalue weighted by molar-refractivity contribution is 6.08. The summed E-state index contributed by atoms with van der Waals surface area (Å²) in [6.07, 6.45) is 7.62. The number of aliphatic imine (C=N–C) groups is 1. The number of nitrogens with zero attached hydrogens (tertiary/aromatic N) is 1. The van der Waals surface area contributed by atoms with Gasteiger partial charge in [-0.2, -0.15) is 0 Å². The zero-order valence-electron chi connectivity index (χ0n) is 8.42. The van der Waals surface area contributed by atoms with Gasteiger partial charge in [0.2, 0.25) is 0 Å². The fourth-order valence-corrected chi connectivity index (χ4v) is 1.89. The first-order chi connectivity index (χ1) is 7.20. The molecule has 0 fully saturated rings. The molecule has 78 valence electrons. The van der Waals surface area contributed by atoms with E-state index in [0.29, 0.717) is 25.7 Å². The first kappa shape index (κ1) is 9.94. The Morgan fingerprint density at radius 1 is 1.67 bits per heavy atom.